The Morgan fingerprint density at radius 3 is 2.48 bits per heavy atom. The molecule has 0 radical (unpaired) electrons. The molecule has 0 aliphatic carbocycles. The van der Waals surface area contributed by atoms with Crippen molar-refractivity contribution in [3.8, 4) is 0 Å². The second-order valence-corrected chi connectivity index (χ2v) is 8.85. The van der Waals surface area contributed by atoms with Gasteiger partial charge in [-0.3, -0.25) is 14.4 Å². The minimum absolute atomic E-state index is 0.00489. The van der Waals surface area contributed by atoms with Crippen molar-refractivity contribution in [2.75, 3.05) is 16.8 Å². The van der Waals surface area contributed by atoms with Crippen LogP contribution in [0.3, 0.4) is 0 Å². The zero-order valence-electron chi connectivity index (χ0n) is 18.9. The molecule has 33 heavy (non-hydrogen) atoms. The molecule has 0 aromatic heterocycles. The number of fused-ring (bicyclic) bond motifs is 1. The Bertz CT molecular complexity index is 1010. The summed E-state index contributed by atoms with van der Waals surface area (Å²) in [5.41, 5.74) is 3.14. The predicted molar refractivity (Wildman–Crippen MR) is 130 cm³/mol. The van der Waals surface area contributed by atoms with Crippen molar-refractivity contribution in [3.63, 3.8) is 0 Å². The van der Waals surface area contributed by atoms with E-state index in [1.807, 2.05) is 43.3 Å². The highest BCUT2D eigenvalue weighted by Gasteiger charge is 2.33. The van der Waals surface area contributed by atoms with Crippen molar-refractivity contribution < 1.29 is 19.5 Å². The molecule has 2 aromatic carbocycles. The zero-order chi connectivity index (χ0) is 24.0. The highest BCUT2D eigenvalue weighted by molar-refractivity contribution is 6.30. The van der Waals surface area contributed by atoms with Gasteiger partial charge < -0.3 is 20.6 Å². The molecule has 8 heteroatoms. The molecule has 2 atom stereocenters. The Morgan fingerprint density at radius 1 is 1.09 bits per heavy atom. The minimum atomic E-state index is -0.802. The number of unbranched alkanes of at least 4 members (excludes halogenated alkanes) is 2. The molecular weight excluding hydrogens is 442 g/mol. The van der Waals surface area contributed by atoms with E-state index < -0.39 is 5.97 Å². The first-order valence-corrected chi connectivity index (χ1v) is 11.6. The molecule has 176 valence electrons. The van der Waals surface area contributed by atoms with Gasteiger partial charge in [-0.1, -0.05) is 18.0 Å². The average molecular weight is 472 g/mol. The number of carbonyl (C=O) groups is 3. The van der Waals surface area contributed by atoms with Gasteiger partial charge in [0.15, 0.2) is 0 Å². The van der Waals surface area contributed by atoms with Gasteiger partial charge in [-0.05, 0) is 74.2 Å². The lowest BCUT2D eigenvalue weighted by atomic mass is 9.90. The molecule has 1 aliphatic rings. The summed E-state index contributed by atoms with van der Waals surface area (Å²) in [6.45, 7) is 4.06. The van der Waals surface area contributed by atoms with E-state index in [-0.39, 0.29) is 30.3 Å². The molecule has 1 aliphatic heterocycles. The molecule has 2 unspecified atom stereocenters. The van der Waals surface area contributed by atoms with E-state index in [2.05, 4.69) is 10.6 Å². The van der Waals surface area contributed by atoms with E-state index in [4.69, 9.17) is 16.7 Å². The van der Waals surface area contributed by atoms with Crippen LogP contribution in [0.25, 0.3) is 0 Å². The zero-order valence-corrected chi connectivity index (χ0v) is 19.7. The second kappa shape index (κ2) is 11.2. The van der Waals surface area contributed by atoms with Crippen LogP contribution in [0, 0.1) is 0 Å². The third-order valence-corrected chi connectivity index (χ3v) is 6.07. The number of anilines is 2. The van der Waals surface area contributed by atoms with Crippen LogP contribution in [-0.4, -0.2) is 35.5 Å². The molecule has 3 N–H and O–H groups in total. The van der Waals surface area contributed by atoms with Gasteiger partial charge in [-0.25, -0.2) is 0 Å². The summed E-state index contributed by atoms with van der Waals surface area (Å²) in [7, 11) is 0. The van der Waals surface area contributed by atoms with Gasteiger partial charge in [0.05, 0.1) is 6.04 Å². The first-order valence-electron chi connectivity index (χ1n) is 11.2. The minimum Gasteiger partial charge on any atom is -0.481 e. The number of carboxylic acid groups (broad SMARTS) is 1. The second-order valence-electron chi connectivity index (χ2n) is 8.41. The standard InChI is InChI=1S/C25H30ClN3O4/c1-16-14-22(28-20-10-8-19(26)9-11-20)21-15-18(7-12-23(21)29(16)17(2)30)25(33)27-13-5-3-4-6-24(31)32/h7-12,15-16,22,28H,3-6,13-14H2,1-2H3,(H,27,33)(H,31,32). The van der Waals surface area contributed by atoms with Crippen molar-refractivity contribution in [1.82, 2.24) is 5.32 Å². The fourth-order valence-corrected chi connectivity index (χ4v) is 4.38. The van der Waals surface area contributed by atoms with Crippen molar-refractivity contribution in [2.45, 2.75) is 58.0 Å². The monoisotopic (exact) mass is 471 g/mol. The van der Waals surface area contributed by atoms with Gasteiger partial charge in [0.2, 0.25) is 5.91 Å². The molecule has 0 bridgehead atoms. The van der Waals surface area contributed by atoms with E-state index in [0.29, 0.717) is 30.0 Å². The number of nitrogens with one attached hydrogen (secondary N) is 2. The maximum Gasteiger partial charge on any atom is 0.303 e. The lowest BCUT2D eigenvalue weighted by molar-refractivity contribution is -0.137. The van der Waals surface area contributed by atoms with Crippen LogP contribution in [-0.2, 0) is 9.59 Å². The summed E-state index contributed by atoms with van der Waals surface area (Å²) in [5, 5.41) is 15.8. The Kier molecular flexibility index (Phi) is 8.33. The predicted octanol–water partition coefficient (Wildman–Crippen LogP) is 5.01. The molecule has 0 fully saturated rings. The summed E-state index contributed by atoms with van der Waals surface area (Å²) in [6.07, 6.45) is 2.91. The van der Waals surface area contributed by atoms with Crippen LogP contribution < -0.4 is 15.5 Å². The third-order valence-electron chi connectivity index (χ3n) is 5.82. The number of carboxylic acids is 1. The number of benzene rings is 2. The van der Waals surface area contributed by atoms with Crippen LogP contribution in [0.2, 0.25) is 5.02 Å². The summed E-state index contributed by atoms with van der Waals surface area (Å²) in [6, 6.07) is 12.8. The maximum absolute atomic E-state index is 12.7. The molecule has 2 amide bonds. The quantitative estimate of drug-likeness (QED) is 0.446. The van der Waals surface area contributed by atoms with Gasteiger partial charge in [-0.2, -0.15) is 0 Å². The average Bonchev–Trinajstić information content (AvgIpc) is 2.76. The topological polar surface area (TPSA) is 98.7 Å². The van der Waals surface area contributed by atoms with E-state index >= 15 is 0 Å². The van der Waals surface area contributed by atoms with Crippen molar-refractivity contribution in [2.24, 2.45) is 0 Å². The summed E-state index contributed by atoms with van der Waals surface area (Å²) < 4.78 is 0. The SMILES string of the molecule is CC(=O)N1c2ccc(C(=O)NCCCCCC(=O)O)cc2C(Nc2ccc(Cl)cc2)CC1C. The largest absolute Gasteiger partial charge is 0.481 e. The Balaban J connectivity index is 1.76. The van der Waals surface area contributed by atoms with Crippen molar-refractivity contribution >= 4 is 40.8 Å². The number of halogens is 1. The van der Waals surface area contributed by atoms with E-state index in [9.17, 15) is 14.4 Å². The summed E-state index contributed by atoms with van der Waals surface area (Å²) in [5.74, 6) is -1.02. The van der Waals surface area contributed by atoms with Gasteiger partial charge in [0, 0.05) is 47.9 Å². The molecular formula is C25H30ClN3O4. The van der Waals surface area contributed by atoms with Crippen molar-refractivity contribution in [3.05, 3.63) is 58.6 Å². The lowest BCUT2D eigenvalue weighted by Crippen LogP contribution is -2.43. The Hall–Kier alpha value is -3.06. The highest BCUT2D eigenvalue weighted by Crippen LogP contribution is 2.39. The number of carbonyl (C=O) groups excluding carboxylic acids is 2. The van der Waals surface area contributed by atoms with Gasteiger partial charge in [0.1, 0.15) is 0 Å². The van der Waals surface area contributed by atoms with Crippen LogP contribution in [0.4, 0.5) is 11.4 Å². The first kappa shape index (κ1) is 24.6. The normalized spacial score (nSPS) is 17.2. The van der Waals surface area contributed by atoms with Crippen LogP contribution in [0.5, 0.6) is 0 Å². The smallest absolute Gasteiger partial charge is 0.303 e. The lowest BCUT2D eigenvalue weighted by Gasteiger charge is -2.39. The summed E-state index contributed by atoms with van der Waals surface area (Å²) in [4.78, 5) is 37.4. The van der Waals surface area contributed by atoms with Crippen molar-refractivity contribution in [1.29, 1.82) is 0 Å². The van der Waals surface area contributed by atoms with Gasteiger partial charge in [-0.15, -0.1) is 0 Å². The first-order chi connectivity index (χ1) is 15.8. The fourth-order valence-electron chi connectivity index (χ4n) is 4.25. The van der Waals surface area contributed by atoms with Crippen LogP contribution in [0.1, 0.15) is 67.9 Å². The molecule has 2 aromatic rings. The van der Waals surface area contributed by atoms with Gasteiger partial charge >= 0.3 is 5.97 Å². The molecule has 0 spiro atoms. The molecule has 0 saturated heterocycles. The fraction of sp³-hybridized carbons (Fsp3) is 0.400. The Labute approximate surface area is 199 Å². The third kappa shape index (κ3) is 6.48. The number of aliphatic carboxylic acids is 1. The van der Waals surface area contributed by atoms with E-state index in [1.54, 1.807) is 17.9 Å². The van der Waals surface area contributed by atoms with Crippen LogP contribution >= 0.6 is 11.6 Å². The van der Waals surface area contributed by atoms with E-state index in [1.165, 1.54) is 0 Å². The Morgan fingerprint density at radius 2 is 1.82 bits per heavy atom. The van der Waals surface area contributed by atoms with E-state index in [0.717, 1.165) is 29.8 Å². The molecule has 3 rings (SSSR count). The summed E-state index contributed by atoms with van der Waals surface area (Å²) >= 11 is 6.01. The van der Waals surface area contributed by atoms with Crippen LogP contribution in [0.15, 0.2) is 42.5 Å². The van der Waals surface area contributed by atoms with Gasteiger partial charge in [0.25, 0.3) is 5.91 Å². The number of hydrogen-bond acceptors (Lipinski definition) is 4. The molecule has 1 heterocycles. The molecule has 0 saturated carbocycles. The molecule has 7 nitrogen and oxygen atoms in total. The number of rotatable bonds is 9. The number of amides is 2. The maximum atomic E-state index is 12.7. The number of nitrogens with zero attached hydrogens (tertiary/aromatic N) is 1. The number of hydrogen-bond donors (Lipinski definition) is 3. The highest BCUT2D eigenvalue weighted by atomic mass is 35.5.